The Labute approximate surface area is 68.8 Å². The normalized spacial score (nSPS) is 42.0. The smallest absolute Gasteiger partial charge is 0.0621 e. The molecule has 1 heteroatoms. The van der Waals surface area contributed by atoms with Gasteiger partial charge in [-0.1, -0.05) is 19.8 Å². The molecule has 0 aromatic heterocycles. The third-order valence-electron chi connectivity index (χ3n) is 3.86. The van der Waals surface area contributed by atoms with Crippen LogP contribution in [0.3, 0.4) is 0 Å². The summed E-state index contributed by atoms with van der Waals surface area (Å²) in [5, 5.41) is 9.95. The molecule has 11 heavy (non-hydrogen) atoms. The molecule has 2 aliphatic carbocycles. The van der Waals surface area contributed by atoms with Gasteiger partial charge in [-0.2, -0.15) is 0 Å². The molecule has 0 amide bonds. The van der Waals surface area contributed by atoms with E-state index in [-0.39, 0.29) is 6.10 Å². The second kappa shape index (κ2) is 2.48. The van der Waals surface area contributed by atoms with Crippen molar-refractivity contribution < 1.29 is 5.11 Å². The van der Waals surface area contributed by atoms with Crippen LogP contribution in [-0.4, -0.2) is 11.2 Å². The first-order valence-electron chi connectivity index (χ1n) is 4.93. The summed E-state index contributed by atoms with van der Waals surface area (Å²) in [6.45, 7) is 2.19. The lowest BCUT2D eigenvalue weighted by atomic mass is 9.81. The molecule has 1 nitrogen and oxygen atoms in total. The Morgan fingerprint density at radius 3 is 2.27 bits per heavy atom. The monoisotopic (exact) mass is 154 g/mol. The molecule has 1 spiro atoms. The summed E-state index contributed by atoms with van der Waals surface area (Å²) >= 11 is 0. The van der Waals surface area contributed by atoms with Crippen LogP contribution in [0.4, 0.5) is 0 Å². The molecule has 2 fully saturated rings. The minimum Gasteiger partial charge on any atom is -0.392 e. The number of hydrogen-bond donors (Lipinski definition) is 1. The van der Waals surface area contributed by atoms with Gasteiger partial charge in [-0.25, -0.2) is 0 Å². The average Bonchev–Trinajstić information content (AvgIpc) is 2.56. The number of aliphatic hydroxyl groups is 1. The van der Waals surface area contributed by atoms with Gasteiger partial charge in [-0.3, -0.25) is 0 Å². The predicted molar refractivity (Wildman–Crippen MR) is 45.3 cm³/mol. The van der Waals surface area contributed by atoms with Gasteiger partial charge in [0.2, 0.25) is 0 Å². The summed E-state index contributed by atoms with van der Waals surface area (Å²) in [5.41, 5.74) is 0.374. The Bertz CT molecular complexity index is 147. The Morgan fingerprint density at radius 2 is 1.82 bits per heavy atom. The number of hydrogen-bond acceptors (Lipinski definition) is 1. The van der Waals surface area contributed by atoms with Crippen LogP contribution in [0.1, 0.15) is 45.4 Å². The van der Waals surface area contributed by atoms with Gasteiger partial charge >= 0.3 is 0 Å². The Hall–Kier alpha value is -0.0400. The molecule has 2 aliphatic rings. The van der Waals surface area contributed by atoms with E-state index >= 15 is 0 Å². The fourth-order valence-electron chi connectivity index (χ4n) is 3.05. The predicted octanol–water partition coefficient (Wildman–Crippen LogP) is 2.34. The molecule has 0 aromatic rings. The van der Waals surface area contributed by atoms with Crippen LogP contribution in [0.5, 0.6) is 0 Å². The van der Waals surface area contributed by atoms with Gasteiger partial charge < -0.3 is 5.11 Å². The molecule has 1 N–H and O–H groups in total. The van der Waals surface area contributed by atoms with Crippen LogP contribution >= 0.6 is 0 Å². The molecule has 0 aromatic carbocycles. The first-order valence-corrected chi connectivity index (χ1v) is 4.93. The summed E-state index contributed by atoms with van der Waals surface area (Å²) in [5.74, 6) is 0.563. The van der Waals surface area contributed by atoms with E-state index in [1.54, 1.807) is 0 Å². The maximum atomic E-state index is 9.95. The highest BCUT2D eigenvalue weighted by atomic mass is 16.3. The largest absolute Gasteiger partial charge is 0.392 e. The fourth-order valence-corrected chi connectivity index (χ4v) is 3.05. The second-order valence-corrected chi connectivity index (χ2v) is 4.53. The van der Waals surface area contributed by atoms with Crippen molar-refractivity contribution in [3.63, 3.8) is 0 Å². The lowest BCUT2D eigenvalue weighted by Crippen LogP contribution is -2.29. The van der Waals surface area contributed by atoms with E-state index in [2.05, 4.69) is 6.92 Å². The van der Waals surface area contributed by atoms with Crippen molar-refractivity contribution in [1.29, 1.82) is 0 Å². The quantitative estimate of drug-likeness (QED) is 0.568. The van der Waals surface area contributed by atoms with Crippen molar-refractivity contribution in [3.05, 3.63) is 0 Å². The zero-order valence-electron chi connectivity index (χ0n) is 7.34. The van der Waals surface area contributed by atoms with Crippen molar-refractivity contribution in [3.8, 4) is 0 Å². The Balaban J connectivity index is 2.13. The highest BCUT2D eigenvalue weighted by molar-refractivity contribution is 4.97. The summed E-state index contributed by atoms with van der Waals surface area (Å²) < 4.78 is 0. The van der Waals surface area contributed by atoms with Crippen molar-refractivity contribution >= 4 is 0 Å². The van der Waals surface area contributed by atoms with Gasteiger partial charge in [0.1, 0.15) is 0 Å². The van der Waals surface area contributed by atoms with E-state index in [9.17, 15) is 5.11 Å². The molecule has 2 saturated carbocycles. The van der Waals surface area contributed by atoms with Crippen LogP contribution in [0, 0.1) is 11.3 Å². The third-order valence-corrected chi connectivity index (χ3v) is 3.86. The molecule has 2 rings (SSSR count). The molecule has 64 valence electrons. The number of rotatable bonds is 0. The standard InChI is InChI=1S/C10H18O/c1-8-4-7-10(9(8)11)5-2-3-6-10/h8-9,11H,2-7H2,1H3. The maximum absolute atomic E-state index is 9.95. The lowest BCUT2D eigenvalue weighted by Gasteiger charge is -2.28. The first-order chi connectivity index (χ1) is 5.25. The van der Waals surface area contributed by atoms with Crippen LogP contribution in [0.25, 0.3) is 0 Å². The highest BCUT2D eigenvalue weighted by Crippen LogP contribution is 2.52. The molecular weight excluding hydrogens is 136 g/mol. The van der Waals surface area contributed by atoms with E-state index in [0.717, 1.165) is 0 Å². The van der Waals surface area contributed by atoms with Gasteiger partial charge in [0, 0.05) is 0 Å². The summed E-state index contributed by atoms with van der Waals surface area (Å²) in [6, 6.07) is 0. The molecule has 0 aliphatic heterocycles. The molecule has 2 atom stereocenters. The Morgan fingerprint density at radius 1 is 1.18 bits per heavy atom. The van der Waals surface area contributed by atoms with Crippen LogP contribution in [-0.2, 0) is 0 Å². The lowest BCUT2D eigenvalue weighted by molar-refractivity contribution is 0.0325. The maximum Gasteiger partial charge on any atom is 0.0621 e. The average molecular weight is 154 g/mol. The molecule has 0 bridgehead atoms. The topological polar surface area (TPSA) is 20.2 Å². The summed E-state index contributed by atoms with van der Waals surface area (Å²) in [4.78, 5) is 0. The SMILES string of the molecule is CC1CCC2(CCCC2)C1O. The molecular formula is C10H18O. The van der Waals surface area contributed by atoms with Crippen molar-refractivity contribution in [2.24, 2.45) is 11.3 Å². The summed E-state index contributed by atoms with van der Waals surface area (Å²) in [7, 11) is 0. The van der Waals surface area contributed by atoms with Gasteiger partial charge in [0.05, 0.1) is 6.10 Å². The van der Waals surface area contributed by atoms with Crippen molar-refractivity contribution in [2.45, 2.75) is 51.6 Å². The van der Waals surface area contributed by atoms with Gasteiger partial charge in [-0.05, 0) is 37.0 Å². The van der Waals surface area contributed by atoms with Gasteiger partial charge in [-0.15, -0.1) is 0 Å². The van der Waals surface area contributed by atoms with E-state index in [0.29, 0.717) is 11.3 Å². The van der Waals surface area contributed by atoms with Crippen LogP contribution in [0.2, 0.25) is 0 Å². The zero-order valence-corrected chi connectivity index (χ0v) is 7.34. The molecule has 2 unspecified atom stereocenters. The van der Waals surface area contributed by atoms with Crippen molar-refractivity contribution in [1.82, 2.24) is 0 Å². The molecule has 0 radical (unpaired) electrons. The Kier molecular flexibility index (Phi) is 1.71. The van der Waals surface area contributed by atoms with Gasteiger partial charge in [0.15, 0.2) is 0 Å². The van der Waals surface area contributed by atoms with Crippen molar-refractivity contribution in [2.75, 3.05) is 0 Å². The van der Waals surface area contributed by atoms with E-state index < -0.39 is 0 Å². The highest BCUT2D eigenvalue weighted by Gasteiger charge is 2.46. The van der Waals surface area contributed by atoms with E-state index in [4.69, 9.17) is 0 Å². The molecule has 0 heterocycles. The molecule has 0 saturated heterocycles. The van der Waals surface area contributed by atoms with E-state index in [1.807, 2.05) is 0 Å². The number of aliphatic hydroxyl groups excluding tert-OH is 1. The third kappa shape index (κ3) is 1.01. The minimum atomic E-state index is 0.0185. The van der Waals surface area contributed by atoms with Crippen LogP contribution < -0.4 is 0 Å². The fraction of sp³-hybridized carbons (Fsp3) is 1.00. The summed E-state index contributed by atoms with van der Waals surface area (Å²) in [6.07, 6.45) is 7.84. The minimum absolute atomic E-state index is 0.0185. The van der Waals surface area contributed by atoms with Gasteiger partial charge in [0.25, 0.3) is 0 Å². The first kappa shape index (κ1) is 7.60. The van der Waals surface area contributed by atoms with Crippen LogP contribution in [0.15, 0.2) is 0 Å². The van der Waals surface area contributed by atoms with E-state index in [1.165, 1.54) is 38.5 Å². The zero-order chi connectivity index (χ0) is 7.90. The second-order valence-electron chi connectivity index (χ2n) is 4.53.